The van der Waals surface area contributed by atoms with Gasteiger partial charge in [0.2, 0.25) is 0 Å². The lowest BCUT2D eigenvalue weighted by Crippen LogP contribution is -2.13. The predicted molar refractivity (Wildman–Crippen MR) is 96.0 cm³/mol. The maximum atomic E-state index is 13.6. The first kappa shape index (κ1) is 16.1. The molecule has 3 rings (SSSR count). The maximum absolute atomic E-state index is 13.6. The normalized spacial score (nSPS) is 10.2. The highest BCUT2D eigenvalue weighted by Crippen LogP contribution is 2.21. The number of nitrogens with zero attached hydrogens (tertiary/aromatic N) is 1. The van der Waals surface area contributed by atoms with Crippen LogP contribution in [-0.2, 0) is 0 Å². The van der Waals surface area contributed by atoms with Crippen LogP contribution in [-0.4, -0.2) is 10.9 Å². The molecule has 1 heterocycles. The molecule has 0 saturated heterocycles. The van der Waals surface area contributed by atoms with Crippen molar-refractivity contribution in [2.75, 3.05) is 10.6 Å². The van der Waals surface area contributed by atoms with Crippen LogP contribution in [0.1, 0.15) is 10.4 Å². The lowest BCUT2D eigenvalue weighted by Gasteiger charge is -2.09. The summed E-state index contributed by atoms with van der Waals surface area (Å²) in [7, 11) is 0. The molecule has 0 saturated carbocycles. The van der Waals surface area contributed by atoms with Crippen molar-refractivity contribution in [2.24, 2.45) is 0 Å². The standard InChI is InChI=1S/C18H13BrFN3O/c19-13-4-3-5-14(9-13)22-15-8-12(10-21-11-15)18(24)23-17-7-2-1-6-16(17)20/h1-11,22H,(H,23,24). The van der Waals surface area contributed by atoms with Crippen molar-refractivity contribution in [3.05, 3.63) is 82.8 Å². The van der Waals surface area contributed by atoms with Crippen molar-refractivity contribution >= 4 is 38.9 Å². The Labute approximate surface area is 146 Å². The molecule has 0 unspecified atom stereocenters. The highest BCUT2D eigenvalue weighted by atomic mass is 79.9. The second-order valence-electron chi connectivity index (χ2n) is 5.03. The summed E-state index contributed by atoms with van der Waals surface area (Å²) in [5.41, 5.74) is 1.98. The number of para-hydroxylation sites is 1. The summed E-state index contributed by atoms with van der Waals surface area (Å²) in [5, 5.41) is 5.71. The summed E-state index contributed by atoms with van der Waals surface area (Å²) in [4.78, 5) is 16.3. The molecule has 120 valence electrons. The predicted octanol–water partition coefficient (Wildman–Crippen LogP) is 4.98. The topological polar surface area (TPSA) is 54.0 Å². The van der Waals surface area contributed by atoms with E-state index in [-0.39, 0.29) is 5.69 Å². The first-order chi connectivity index (χ1) is 11.6. The van der Waals surface area contributed by atoms with Crippen LogP contribution >= 0.6 is 15.9 Å². The van der Waals surface area contributed by atoms with Crippen molar-refractivity contribution in [1.29, 1.82) is 0 Å². The largest absolute Gasteiger partial charge is 0.354 e. The van der Waals surface area contributed by atoms with E-state index < -0.39 is 11.7 Å². The third-order valence-corrected chi connectivity index (χ3v) is 3.73. The fourth-order valence-corrected chi connectivity index (χ4v) is 2.52. The Hall–Kier alpha value is -2.73. The van der Waals surface area contributed by atoms with Gasteiger partial charge in [-0.05, 0) is 36.4 Å². The van der Waals surface area contributed by atoms with Crippen LogP contribution in [0.2, 0.25) is 0 Å². The summed E-state index contributed by atoms with van der Waals surface area (Å²) in [6, 6.07) is 15.3. The molecule has 0 radical (unpaired) electrons. The molecule has 0 aliphatic heterocycles. The van der Waals surface area contributed by atoms with Gasteiger partial charge in [0.05, 0.1) is 23.1 Å². The minimum atomic E-state index is -0.484. The third-order valence-electron chi connectivity index (χ3n) is 3.24. The summed E-state index contributed by atoms with van der Waals surface area (Å²) in [6.07, 6.45) is 3.04. The van der Waals surface area contributed by atoms with Crippen molar-refractivity contribution in [3.8, 4) is 0 Å². The van der Waals surface area contributed by atoms with Gasteiger partial charge in [0.15, 0.2) is 0 Å². The zero-order chi connectivity index (χ0) is 16.9. The summed E-state index contributed by atoms with van der Waals surface area (Å²) >= 11 is 3.40. The van der Waals surface area contributed by atoms with E-state index in [4.69, 9.17) is 0 Å². The van der Waals surface area contributed by atoms with E-state index in [2.05, 4.69) is 31.5 Å². The van der Waals surface area contributed by atoms with Gasteiger partial charge in [0.25, 0.3) is 5.91 Å². The molecular formula is C18H13BrFN3O. The second kappa shape index (κ2) is 7.23. The van der Waals surface area contributed by atoms with Crippen LogP contribution in [0.25, 0.3) is 0 Å². The number of rotatable bonds is 4. The van der Waals surface area contributed by atoms with Gasteiger partial charge in [0.1, 0.15) is 5.82 Å². The average molecular weight is 386 g/mol. The zero-order valence-corrected chi connectivity index (χ0v) is 14.0. The lowest BCUT2D eigenvalue weighted by molar-refractivity contribution is 0.102. The SMILES string of the molecule is O=C(Nc1ccccc1F)c1cncc(Nc2cccc(Br)c2)c1. The van der Waals surface area contributed by atoms with Gasteiger partial charge >= 0.3 is 0 Å². The van der Waals surface area contributed by atoms with Gasteiger partial charge in [-0.3, -0.25) is 9.78 Å². The Balaban J connectivity index is 1.77. The fraction of sp³-hybridized carbons (Fsp3) is 0. The van der Waals surface area contributed by atoms with Gasteiger partial charge in [0, 0.05) is 16.4 Å². The van der Waals surface area contributed by atoms with Gasteiger partial charge in [-0.25, -0.2) is 4.39 Å². The number of anilines is 3. The number of carbonyl (C=O) groups excluding carboxylic acids is 1. The number of halogens is 2. The minimum Gasteiger partial charge on any atom is -0.354 e. The first-order valence-electron chi connectivity index (χ1n) is 7.15. The Kier molecular flexibility index (Phi) is 4.86. The van der Waals surface area contributed by atoms with Gasteiger partial charge in [-0.2, -0.15) is 0 Å². The molecule has 0 aliphatic carbocycles. The van der Waals surface area contributed by atoms with Crippen LogP contribution in [0.15, 0.2) is 71.5 Å². The Morgan fingerprint density at radius 1 is 1.00 bits per heavy atom. The first-order valence-corrected chi connectivity index (χ1v) is 7.94. The number of hydrogen-bond acceptors (Lipinski definition) is 3. The molecule has 0 atom stereocenters. The van der Waals surface area contributed by atoms with Crippen molar-refractivity contribution in [1.82, 2.24) is 4.98 Å². The number of amides is 1. The minimum absolute atomic E-state index is 0.132. The molecule has 4 nitrogen and oxygen atoms in total. The smallest absolute Gasteiger partial charge is 0.257 e. The molecule has 24 heavy (non-hydrogen) atoms. The summed E-state index contributed by atoms with van der Waals surface area (Å²) < 4.78 is 14.6. The maximum Gasteiger partial charge on any atom is 0.257 e. The molecule has 0 spiro atoms. The van der Waals surface area contributed by atoms with Gasteiger partial charge < -0.3 is 10.6 Å². The summed E-state index contributed by atoms with van der Waals surface area (Å²) in [5.74, 6) is -0.910. The lowest BCUT2D eigenvalue weighted by atomic mass is 10.2. The number of benzene rings is 2. The fourth-order valence-electron chi connectivity index (χ4n) is 2.12. The van der Waals surface area contributed by atoms with E-state index in [1.807, 2.05) is 24.3 Å². The van der Waals surface area contributed by atoms with E-state index in [1.54, 1.807) is 24.4 Å². The van der Waals surface area contributed by atoms with Crippen LogP contribution < -0.4 is 10.6 Å². The number of aromatic nitrogens is 1. The van der Waals surface area contributed by atoms with Crippen molar-refractivity contribution in [2.45, 2.75) is 0 Å². The molecule has 3 aromatic rings. The van der Waals surface area contributed by atoms with E-state index >= 15 is 0 Å². The molecule has 1 amide bonds. The van der Waals surface area contributed by atoms with Crippen LogP contribution in [0.4, 0.5) is 21.5 Å². The number of pyridine rings is 1. The summed E-state index contributed by atoms with van der Waals surface area (Å²) in [6.45, 7) is 0. The number of nitrogens with one attached hydrogen (secondary N) is 2. The van der Waals surface area contributed by atoms with Crippen molar-refractivity contribution in [3.63, 3.8) is 0 Å². The van der Waals surface area contributed by atoms with Gasteiger partial charge in [-0.15, -0.1) is 0 Å². The third kappa shape index (κ3) is 3.97. The molecule has 1 aromatic heterocycles. The molecule has 0 aliphatic rings. The van der Waals surface area contributed by atoms with Crippen LogP contribution in [0.3, 0.4) is 0 Å². The Bertz CT molecular complexity index is 885. The van der Waals surface area contributed by atoms with Crippen LogP contribution in [0.5, 0.6) is 0 Å². The molecule has 0 bridgehead atoms. The van der Waals surface area contributed by atoms with E-state index in [1.165, 1.54) is 18.3 Å². The Morgan fingerprint density at radius 3 is 2.62 bits per heavy atom. The van der Waals surface area contributed by atoms with E-state index in [0.29, 0.717) is 11.3 Å². The number of carbonyl (C=O) groups is 1. The van der Waals surface area contributed by atoms with Crippen molar-refractivity contribution < 1.29 is 9.18 Å². The quantitative estimate of drug-likeness (QED) is 0.665. The monoisotopic (exact) mass is 385 g/mol. The highest BCUT2D eigenvalue weighted by molar-refractivity contribution is 9.10. The van der Waals surface area contributed by atoms with E-state index in [0.717, 1.165) is 10.2 Å². The highest BCUT2D eigenvalue weighted by Gasteiger charge is 2.10. The second-order valence-corrected chi connectivity index (χ2v) is 5.95. The van der Waals surface area contributed by atoms with E-state index in [9.17, 15) is 9.18 Å². The average Bonchev–Trinajstić information content (AvgIpc) is 2.57. The molecular weight excluding hydrogens is 373 g/mol. The molecule has 6 heteroatoms. The molecule has 2 N–H and O–H groups in total. The van der Waals surface area contributed by atoms with Crippen LogP contribution in [0, 0.1) is 5.82 Å². The van der Waals surface area contributed by atoms with Gasteiger partial charge in [-0.1, -0.05) is 34.1 Å². The molecule has 2 aromatic carbocycles. The Morgan fingerprint density at radius 2 is 1.83 bits per heavy atom. The molecule has 0 fully saturated rings. The zero-order valence-electron chi connectivity index (χ0n) is 12.5. The number of hydrogen-bond donors (Lipinski definition) is 2.